The molecule has 0 aromatic heterocycles. The summed E-state index contributed by atoms with van der Waals surface area (Å²) in [6.07, 6.45) is 0. The summed E-state index contributed by atoms with van der Waals surface area (Å²) >= 11 is 0. The Balaban J connectivity index is 3.24. The fourth-order valence-corrected chi connectivity index (χ4v) is 0.775. The van der Waals surface area contributed by atoms with Crippen molar-refractivity contribution < 1.29 is 13.9 Å². The molecule has 1 aromatic rings. The summed E-state index contributed by atoms with van der Waals surface area (Å²) in [5.41, 5.74) is 5.17. The number of rotatable bonds is 1. The Labute approximate surface area is 62.3 Å². The van der Waals surface area contributed by atoms with E-state index < -0.39 is 17.4 Å². The molecule has 0 aliphatic rings. The lowest BCUT2D eigenvalue weighted by molar-refractivity contribution is 0.421. The normalized spacial score (nSPS) is 10.1. The minimum absolute atomic E-state index is 0.0718. The SMILES string of the molecule is NCc1cc(F)cc(F)c1O. The second kappa shape index (κ2) is 2.84. The maximum atomic E-state index is 12.5. The number of halogens is 2. The lowest BCUT2D eigenvalue weighted by Crippen LogP contribution is -1.98. The lowest BCUT2D eigenvalue weighted by Gasteiger charge is -2.01. The van der Waals surface area contributed by atoms with Crippen molar-refractivity contribution in [2.75, 3.05) is 0 Å². The van der Waals surface area contributed by atoms with Crippen LogP contribution in [0.2, 0.25) is 0 Å². The molecule has 1 aromatic carbocycles. The van der Waals surface area contributed by atoms with Gasteiger partial charge in [-0.3, -0.25) is 0 Å². The standard InChI is InChI=1S/C7H7F2NO/c8-5-1-4(3-10)7(11)6(9)2-5/h1-2,11H,3,10H2. The highest BCUT2D eigenvalue weighted by Crippen LogP contribution is 2.21. The number of phenolic OH excluding ortho intramolecular Hbond substituents is 1. The molecular weight excluding hydrogens is 152 g/mol. The Kier molecular flexibility index (Phi) is 2.05. The first-order valence-electron chi connectivity index (χ1n) is 3.02. The molecule has 11 heavy (non-hydrogen) atoms. The van der Waals surface area contributed by atoms with E-state index in [9.17, 15) is 8.78 Å². The molecule has 0 atom stereocenters. The summed E-state index contributed by atoms with van der Waals surface area (Å²) in [6, 6.07) is 1.60. The van der Waals surface area contributed by atoms with E-state index in [4.69, 9.17) is 10.8 Å². The van der Waals surface area contributed by atoms with Gasteiger partial charge in [-0.25, -0.2) is 8.78 Å². The average Bonchev–Trinajstić information content (AvgIpc) is 1.96. The molecule has 0 bridgehead atoms. The predicted molar refractivity (Wildman–Crippen MR) is 35.9 cm³/mol. The van der Waals surface area contributed by atoms with Crippen molar-refractivity contribution >= 4 is 0 Å². The van der Waals surface area contributed by atoms with E-state index >= 15 is 0 Å². The van der Waals surface area contributed by atoms with Crippen molar-refractivity contribution in [1.82, 2.24) is 0 Å². The zero-order valence-corrected chi connectivity index (χ0v) is 5.64. The van der Waals surface area contributed by atoms with Crippen molar-refractivity contribution in [3.63, 3.8) is 0 Å². The van der Waals surface area contributed by atoms with Gasteiger partial charge in [0.2, 0.25) is 0 Å². The van der Waals surface area contributed by atoms with E-state index in [-0.39, 0.29) is 12.1 Å². The van der Waals surface area contributed by atoms with E-state index in [1.54, 1.807) is 0 Å². The zero-order chi connectivity index (χ0) is 8.43. The summed E-state index contributed by atoms with van der Waals surface area (Å²) in [4.78, 5) is 0. The van der Waals surface area contributed by atoms with Gasteiger partial charge in [-0.05, 0) is 6.07 Å². The molecule has 0 saturated carbocycles. The maximum absolute atomic E-state index is 12.5. The molecule has 0 heterocycles. The summed E-state index contributed by atoms with van der Waals surface area (Å²) in [5.74, 6) is -2.29. The fourth-order valence-electron chi connectivity index (χ4n) is 0.775. The molecule has 1 rings (SSSR count). The maximum Gasteiger partial charge on any atom is 0.168 e. The van der Waals surface area contributed by atoms with Crippen molar-refractivity contribution in [1.29, 1.82) is 0 Å². The van der Waals surface area contributed by atoms with Gasteiger partial charge in [0.25, 0.3) is 0 Å². The van der Waals surface area contributed by atoms with Crippen LogP contribution < -0.4 is 5.73 Å². The third-order valence-electron chi connectivity index (χ3n) is 1.33. The van der Waals surface area contributed by atoms with Crippen LogP contribution in [0.3, 0.4) is 0 Å². The molecule has 4 heteroatoms. The molecule has 0 saturated heterocycles. The number of hydrogen-bond acceptors (Lipinski definition) is 2. The van der Waals surface area contributed by atoms with Crippen LogP contribution in [-0.4, -0.2) is 5.11 Å². The topological polar surface area (TPSA) is 46.2 Å². The molecule has 3 N–H and O–H groups in total. The Hall–Kier alpha value is -1.16. The van der Waals surface area contributed by atoms with Crippen LogP contribution in [0.25, 0.3) is 0 Å². The summed E-state index contributed by atoms with van der Waals surface area (Å²) in [7, 11) is 0. The summed E-state index contributed by atoms with van der Waals surface area (Å²) in [6.45, 7) is -0.0828. The summed E-state index contributed by atoms with van der Waals surface area (Å²) < 4.78 is 24.9. The highest BCUT2D eigenvalue weighted by Gasteiger charge is 2.07. The van der Waals surface area contributed by atoms with E-state index in [1.807, 2.05) is 0 Å². The molecule has 0 unspecified atom stereocenters. The van der Waals surface area contributed by atoms with Gasteiger partial charge in [-0.1, -0.05) is 0 Å². The molecule has 0 aliphatic heterocycles. The van der Waals surface area contributed by atoms with E-state index in [1.165, 1.54) is 0 Å². The largest absolute Gasteiger partial charge is 0.505 e. The highest BCUT2D eigenvalue weighted by atomic mass is 19.1. The van der Waals surface area contributed by atoms with Crippen LogP contribution in [0.1, 0.15) is 5.56 Å². The molecule has 0 spiro atoms. The zero-order valence-electron chi connectivity index (χ0n) is 5.64. The molecule has 2 nitrogen and oxygen atoms in total. The van der Waals surface area contributed by atoms with E-state index in [0.29, 0.717) is 6.07 Å². The van der Waals surface area contributed by atoms with Gasteiger partial charge in [0, 0.05) is 18.2 Å². The molecule has 0 aliphatic carbocycles. The van der Waals surface area contributed by atoms with Crippen LogP contribution in [0, 0.1) is 11.6 Å². The number of benzene rings is 1. The average molecular weight is 159 g/mol. The van der Waals surface area contributed by atoms with Crippen molar-refractivity contribution in [2.45, 2.75) is 6.54 Å². The highest BCUT2D eigenvalue weighted by molar-refractivity contribution is 5.33. The Morgan fingerprint density at radius 1 is 1.36 bits per heavy atom. The monoisotopic (exact) mass is 159 g/mol. The molecular formula is C7H7F2NO. The first-order valence-corrected chi connectivity index (χ1v) is 3.02. The quantitative estimate of drug-likeness (QED) is 0.645. The van der Waals surface area contributed by atoms with Gasteiger partial charge in [-0.2, -0.15) is 0 Å². The summed E-state index contributed by atoms with van der Waals surface area (Å²) in [5, 5.41) is 8.90. The van der Waals surface area contributed by atoms with E-state index in [0.717, 1.165) is 6.07 Å². The number of nitrogens with two attached hydrogens (primary N) is 1. The minimum Gasteiger partial charge on any atom is -0.505 e. The molecule has 0 radical (unpaired) electrons. The van der Waals surface area contributed by atoms with Crippen LogP contribution in [0.5, 0.6) is 5.75 Å². The van der Waals surface area contributed by atoms with E-state index in [2.05, 4.69) is 0 Å². The van der Waals surface area contributed by atoms with Crippen molar-refractivity contribution in [2.24, 2.45) is 5.73 Å². The minimum atomic E-state index is -0.981. The number of aromatic hydroxyl groups is 1. The van der Waals surface area contributed by atoms with Crippen molar-refractivity contribution in [3.05, 3.63) is 29.3 Å². The third kappa shape index (κ3) is 1.46. The number of phenols is 1. The smallest absolute Gasteiger partial charge is 0.168 e. The van der Waals surface area contributed by atoms with Crippen LogP contribution in [0.4, 0.5) is 8.78 Å². The Bertz CT molecular complexity index is 275. The van der Waals surface area contributed by atoms with Crippen LogP contribution in [-0.2, 0) is 6.54 Å². The third-order valence-corrected chi connectivity index (χ3v) is 1.33. The van der Waals surface area contributed by atoms with Gasteiger partial charge in [-0.15, -0.1) is 0 Å². The van der Waals surface area contributed by atoms with Crippen LogP contribution >= 0.6 is 0 Å². The van der Waals surface area contributed by atoms with Gasteiger partial charge >= 0.3 is 0 Å². The predicted octanol–water partition coefficient (Wildman–Crippen LogP) is 1.13. The number of hydrogen-bond donors (Lipinski definition) is 2. The second-order valence-corrected chi connectivity index (χ2v) is 2.10. The second-order valence-electron chi connectivity index (χ2n) is 2.10. The van der Waals surface area contributed by atoms with Crippen molar-refractivity contribution in [3.8, 4) is 5.75 Å². The first kappa shape index (κ1) is 7.94. The van der Waals surface area contributed by atoms with Gasteiger partial charge in [0.1, 0.15) is 5.82 Å². The fraction of sp³-hybridized carbons (Fsp3) is 0.143. The molecule has 60 valence electrons. The van der Waals surface area contributed by atoms with Crippen LogP contribution in [0.15, 0.2) is 12.1 Å². The van der Waals surface area contributed by atoms with Gasteiger partial charge in [0.15, 0.2) is 11.6 Å². The molecule has 0 fully saturated rings. The van der Waals surface area contributed by atoms with Gasteiger partial charge < -0.3 is 10.8 Å². The first-order chi connectivity index (χ1) is 5.15. The Morgan fingerprint density at radius 3 is 2.55 bits per heavy atom. The Morgan fingerprint density at radius 2 is 2.00 bits per heavy atom. The lowest BCUT2D eigenvalue weighted by atomic mass is 10.2. The van der Waals surface area contributed by atoms with Gasteiger partial charge in [0.05, 0.1) is 0 Å². The molecule has 0 amide bonds.